The smallest absolute Gasteiger partial charge is 0.416 e. The molecule has 0 heterocycles. The Morgan fingerprint density at radius 3 is 2.60 bits per heavy atom. The molecule has 0 radical (unpaired) electrons. The minimum absolute atomic E-state index is 0.104. The van der Waals surface area contributed by atoms with Crippen LogP contribution >= 0.6 is 0 Å². The van der Waals surface area contributed by atoms with Gasteiger partial charge in [-0.2, -0.15) is 18.0 Å². The van der Waals surface area contributed by atoms with Gasteiger partial charge in [0.1, 0.15) is 12.7 Å². The monoisotopic (exact) mass is 219 g/mol. The Labute approximate surface area is 83.6 Å². The Bertz CT molecular complexity index is 372. The van der Waals surface area contributed by atoms with Crippen molar-refractivity contribution >= 4 is 5.69 Å². The van der Waals surface area contributed by atoms with Gasteiger partial charge in [0.05, 0.1) is 10.8 Å². The van der Waals surface area contributed by atoms with Crippen LogP contribution in [0.1, 0.15) is 5.56 Å². The molecule has 0 saturated heterocycles. The van der Waals surface area contributed by atoms with E-state index in [4.69, 9.17) is 0 Å². The van der Waals surface area contributed by atoms with E-state index in [0.717, 1.165) is 19.2 Å². The molecule has 0 aliphatic heterocycles. The van der Waals surface area contributed by atoms with Crippen LogP contribution in [0, 0.1) is 5.21 Å². The van der Waals surface area contributed by atoms with Gasteiger partial charge in [0, 0.05) is 0 Å². The summed E-state index contributed by atoms with van der Waals surface area (Å²) in [7, 11) is 1.11. The van der Waals surface area contributed by atoms with Crippen LogP contribution in [0.5, 0.6) is 0 Å². The molecule has 0 amide bonds. The minimum atomic E-state index is -4.40. The van der Waals surface area contributed by atoms with Crippen molar-refractivity contribution in [1.29, 1.82) is 0 Å². The number of halogens is 3. The quantitative estimate of drug-likeness (QED) is 0.472. The van der Waals surface area contributed by atoms with Crippen molar-refractivity contribution in [2.75, 3.05) is 12.5 Å². The largest absolute Gasteiger partial charge is 0.696 e. The lowest BCUT2D eigenvalue weighted by atomic mass is 10.2. The maximum Gasteiger partial charge on any atom is 0.416 e. The molecule has 7 heteroatoms. The van der Waals surface area contributed by atoms with Crippen molar-refractivity contribution in [1.82, 2.24) is 0 Å². The summed E-state index contributed by atoms with van der Waals surface area (Å²) in [6.07, 6.45) is -4.40. The zero-order valence-electron chi connectivity index (χ0n) is 7.75. The maximum absolute atomic E-state index is 12.2. The highest BCUT2D eigenvalue weighted by Crippen LogP contribution is 2.30. The zero-order chi connectivity index (χ0) is 11.5. The molecular weight excluding hydrogens is 211 g/mol. The van der Waals surface area contributed by atoms with Gasteiger partial charge in [0.2, 0.25) is 0 Å². The third-order valence-electron chi connectivity index (χ3n) is 1.51. The third kappa shape index (κ3) is 3.45. The molecule has 0 bridgehead atoms. The van der Waals surface area contributed by atoms with Crippen molar-refractivity contribution in [2.24, 2.45) is 5.22 Å². The van der Waals surface area contributed by atoms with Crippen LogP contribution in [-0.2, 0) is 6.18 Å². The lowest BCUT2D eigenvalue weighted by molar-refractivity contribution is -0.497. The van der Waals surface area contributed by atoms with Gasteiger partial charge in [-0.1, -0.05) is 6.07 Å². The normalized spacial score (nSPS) is 12.7. The fourth-order valence-electron chi connectivity index (χ4n) is 0.893. The summed E-state index contributed by atoms with van der Waals surface area (Å²) in [6.45, 7) is 0. The van der Waals surface area contributed by atoms with Crippen molar-refractivity contribution in [3.8, 4) is 0 Å². The van der Waals surface area contributed by atoms with E-state index in [1.165, 1.54) is 12.1 Å². The zero-order valence-corrected chi connectivity index (χ0v) is 7.75. The molecule has 15 heavy (non-hydrogen) atoms. The second kappa shape index (κ2) is 4.16. The second-order valence-corrected chi connectivity index (χ2v) is 2.75. The molecule has 0 aliphatic rings. The van der Waals surface area contributed by atoms with Gasteiger partial charge in [0.15, 0.2) is 0 Å². The molecule has 0 atom stereocenters. The summed E-state index contributed by atoms with van der Waals surface area (Å²) in [6, 6.07) is 4.41. The molecule has 0 saturated carbocycles. The number of rotatable bonds is 2. The van der Waals surface area contributed by atoms with Gasteiger partial charge in [-0.15, -0.1) is 5.43 Å². The third-order valence-corrected chi connectivity index (χ3v) is 1.51. The predicted molar refractivity (Wildman–Crippen MR) is 47.0 cm³/mol. The highest BCUT2D eigenvalue weighted by atomic mass is 19.4. The summed E-state index contributed by atoms with van der Waals surface area (Å²) < 4.78 is 36.7. The van der Waals surface area contributed by atoms with Crippen molar-refractivity contribution < 1.29 is 18.0 Å². The predicted octanol–water partition coefficient (Wildman–Crippen LogP) is 2.62. The number of nitrogens with zero attached hydrogens (tertiary/aromatic N) is 2. The number of hydrogen-bond acceptors (Lipinski definition) is 2. The summed E-state index contributed by atoms with van der Waals surface area (Å²) >= 11 is 0. The Morgan fingerprint density at radius 1 is 1.40 bits per heavy atom. The van der Waals surface area contributed by atoms with Crippen LogP contribution in [0.15, 0.2) is 29.5 Å². The number of nitrogens with one attached hydrogen (secondary N) is 1. The van der Waals surface area contributed by atoms with Gasteiger partial charge < -0.3 is 5.21 Å². The molecule has 0 unspecified atom stereocenters. The van der Waals surface area contributed by atoms with Crippen LogP contribution in [-0.4, -0.2) is 11.9 Å². The first-order valence-corrected chi connectivity index (χ1v) is 3.94. The molecule has 4 nitrogen and oxygen atoms in total. The second-order valence-electron chi connectivity index (χ2n) is 2.75. The van der Waals surface area contributed by atoms with Gasteiger partial charge in [-0.05, 0) is 18.2 Å². The summed E-state index contributed by atoms with van der Waals surface area (Å²) in [5.41, 5.74) is 1.50. The van der Waals surface area contributed by atoms with E-state index >= 15 is 0 Å². The Balaban J connectivity index is 2.89. The van der Waals surface area contributed by atoms with Crippen LogP contribution in [0.3, 0.4) is 0 Å². The molecule has 0 aromatic heterocycles. The van der Waals surface area contributed by atoms with Crippen molar-refractivity contribution in [2.45, 2.75) is 6.18 Å². The van der Waals surface area contributed by atoms with Gasteiger partial charge in [-0.25, -0.2) is 0 Å². The SMILES string of the molecule is C/[N+]([O-])=N\Nc1cccc(C(F)(F)F)c1. The van der Waals surface area contributed by atoms with E-state index in [0.29, 0.717) is 0 Å². The number of alkyl halides is 3. The van der Waals surface area contributed by atoms with Crippen LogP contribution in [0.25, 0.3) is 0 Å². The Hall–Kier alpha value is -1.79. The Kier molecular flexibility index (Phi) is 3.13. The van der Waals surface area contributed by atoms with E-state index in [1.54, 1.807) is 0 Å². The first-order valence-electron chi connectivity index (χ1n) is 3.94. The van der Waals surface area contributed by atoms with E-state index in [1.807, 2.05) is 0 Å². The topological polar surface area (TPSA) is 50.5 Å². The van der Waals surface area contributed by atoms with E-state index < -0.39 is 11.7 Å². The average Bonchev–Trinajstić information content (AvgIpc) is 2.14. The highest BCUT2D eigenvalue weighted by molar-refractivity contribution is 5.45. The number of benzene rings is 1. The Morgan fingerprint density at radius 2 is 2.07 bits per heavy atom. The fraction of sp³-hybridized carbons (Fsp3) is 0.250. The molecule has 1 aromatic carbocycles. The number of hydroxylamine groups is 1. The number of hydrogen-bond donors (Lipinski definition) is 1. The average molecular weight is 219 g/mol. The summed E-state index contributed by atoms with van der Waals surface area (Å²) in [5, 5.41) is 13.5. The first kappa shape index (κ1) is 11.3. The lowest BCUT2D eigenvalue weighted by Gasteiger charge is -2.06. The summed E-state index contributed by atoms with van der Waals surface area (Å²) in [5.74, 6) is 0. The van der Waals surface area contributed by atoms with Crippen molar-refractivity contribution in [3.05, 3.63) is 35.0 Å². The minimum Gasteiger partial charge on any atom is -0.696 e. The molecule has 0 fully saturated rings. The van der Waals surface area contributed by atoms with E-state index in [-0.39, 0.29) is 10.5 Å². The van der Waals surface area contributed by atoms with Crippen molar-refractivity contribution in [3.63, 3.8) is 0 Å². The van der Waals surface area contributed by atoms with Crippen LogP contribution < -0.4 is 5.43 Å². The molecule has 0 spiro atoms. The van der Waals surface area contributed by atoms with E-state index in [9.17, 15) is 18.4 Å². The van der Waals surface area contributed by atoms with Crippen LogP contribution in [0.2, 0.25) is 0 Å². The molecule has 82 valence electrons. The molecule has 1 N–H and O–H groups in total. The standard InChI is InChI=1S/C8H8F3N3O/c1-14(15)13-12-7-4-2-3-6(5-7)8(9,10)11/h2-5,12H,1H3/b14-13+. The lowest BCUT2D eigenvalue weighted by Crippen LogP contribution is -2.05. The van der Waals surface area contributed by atoms with Gasteiger partial charge in [-0.3, -0.25) is 0 Å². The highest BCUT2D eigenvalue weighted by Gasteiger charge is 2.30. The fourth-order valence-corrected chi connectivity index (χ4v) is 0.893. The first-order chi connectivity index (χ1) is 6.89. The summed E-state index contributed by atoms with van der Waals surface area (Å²) in [4.78, 5) is 0.209. The molecular formula is C8H8F3N3O. The number of anilines is 1. The van der Waals surface area contributed by atoms with Crippen LogP contribution in [0.4, 0.5) is 18.9 Å². The van der Waals surface area contributed by atoms with E-state index in [2.05, 4.69) is 10.6 Å². The molecule has 0 aliphatic carbocycles. The maximum atomic E-state index is 12.2. The van der Waals surface area contributed by atoms with Gasteiger partial charge in [0.25, 0.3) is 0 Å². The molecule has 1 aromatic rings. The molecule has 1 rings (SSSR count). The van der Waals surface area contributed by atoms with Gasteiger partial charge >= 0.3 is 6.18 Å².